The van der Waals surface area contributed by atoms with Gasteiger partial charge in [0.05, 0.1) is 18.5 Å². The molecule has 140 valence electrons. The Morgan fingerprint density at radius 2 is 1.82 bits per heavy atom. The summed E-state index contributed by atoms with van der Waals surface area (Å²) in [4.78, 5) is 31.5. The molecule has 3 aromatic rings. The molecule has 0 saturated carbocycles. The third kappa shape index (κ3) is 2.73. The number of rotatable bonds is 3. The molecule has 28 heavy (non-hydrogen) atoms. The molecule has 4 rings (SSSR count). The number of ether oxygens (including phenoxy) is 1. The van der Waals surface area contributed by atoms with E-state index in [0.29, 0.717) is 17.0 Å². The number of aliphatic imine (C=N–C) groups is 1. The van der Waals surface area contributed by atoms with Crippen molar-refractivity contribution in [3.8, 4) is 17.3 Å². The second-order valence-corrected chi connectivity index (χ2v) is 6.31. The number of para-hydroxylation sites is 1. The summed E-state index contributed by atoms with van der Waals surface area (Å²) in [7, 11) is 1.54. The average Bonchev–Trinajstić information content (AvgIpc) is 3.12. The van der Waals surface area contributed by atoms with Crippen molar-refractivity contribution in [1.29, 1.82) is 0 Å². The number of hydrogen-bond donors (Lipinski definition) is 2. The Hall–Kier alpha value is -3.87. The van der Waals surface area contributed by atoms with Crippen LogP contribution in [0.1, 0.15) is 18.1 Å². The Labute approximate surface area is 159 Å². The van der Waals surface area contributed by atoms with E-state index >= 15 is 0 Å². The summed E-state index contributed by atoms with van der Waals surface area (Å²) < 4.78 is 6.17. The number of benzene rings is 2. The van der Waals surface area contributed by atoms with E-state index in [-0.39, 0.29) is 5.56 Å². The number of nitrogens with zero attached hydrogens (tertiary/aromatic N) is 2. The van der Waals surface area contributed by atoms with Gasteiger partial charge in [-0.2, -0.15) is 0 Å². The van der Waals surface area contributed by atoms with Gasteiger partial charge >= 0.3 is 5.69 Å². The zero-order valence-corrected chi connectivity index (χ0v) is 15.3. The quantitative estimate of drug-likeness (QED) is 0.736. The van der Waals surface area contributed by atoms with Crippen LogP contribution < -0.4 is 16.0 Å². The highest BCUT2D eigenvalue weighted by molar-refractivity contribution is 6.24. The van der Waals surface area contributed by atoms with E-state index in [9.17, 15) is 14.7 Å². The molecule has 0 amide bonds. The number of allylic oxidation sites excluding steroid dienone is 2. The van der Waals surface area contributed by atoms with Crippen LogP contribution in [0.25, 0.3) is 16.8 Å². The first kappa shape index (κ1) is 17.5. The molecule has 0 aliphatic carbocycles. The molecule has 7 heteroatoms. The maximum Gasteiger partial charge on any atom is 0.335 e. The molecule has 0 unspecified atom stereocenters. The third-order valence-corrected chi connectivity index (χ3v) is 4.72. The van der Waals surface area contributed by atoms with Crippen LogP contribution in [0, 0.1) is 0 Å². The Kier molecular flexibility index (Phi) is 4.19. The van der Waals surface area contributed by atoms with Gasteiger partial charge in [-0.05, 0) is 42.8 Å². The van der Waals surface area contributed by atoms with Gasteiger partial charge in [-0.15, -0.1) is 0 Å². The fourth-order valence-corrected chi connectivity index (χ4v) is 3.28. The van der Waals surface area contributed by atoms with Crippen molar-refractivity contribution in [2.45, 2.75) is 6.92 Å². The van der Waals surface area contributed by atoms with E-state index < -0.39 is 17.1 Å². The van der Waals surface area contributed by atoms with Gasteiger partial charge < -0.3 is 9.84 Å². The molecular formula is C21H17N3O4. The molecule has 1 aliphatic rings. The molecule has 0 bridgehead atoms. The van der Waals surface area contributed by atoms with Crippen LogP contribution >= 0.6 is 0 Å². The van der Waals surface area contributed by atoms with Gasteiger partial charge in [0.1, 0.15) is 11.3 Å². The molecule has 1 aliphatic heterocycles. The predicted octanol–water partition coefficient (Wildman–Crippen LogP) is 2.89. The highest BCUT2D eigenvalue weighted by Crippen LogP contribution is 2.36. The fraction of sp³-hybridized carbons (Fsp3) is 0.0952. The van der Waals surface area contributed by atoms with Gasteiger partial charge in [-0.1, -0.05) is 18.2 Å². The van der Waals surface area contributed by atoms with E-state index in [1.165, 1.54) is 7.11 Å². The minimum Gasteiger partial charge on any atom is -0.497 e. The first-order valence-corrected chi connectivity index (χ1v) is 8.58. The van der Waals surface area contributed by atoms with Crippen LogP contribution in [0.5, 0.6) is 11.6 Å². The maximum absolute atomic E-state index is 12.5. The van der Waals surface area contributed by atoms with Crippen molar-refractivity contribution in [3.05, 3.63) is 80.5 Å². The van der Waals surface area contributed by atoms with Crippen molar-refractivity contribution in [2.75, 3.05) is 7.11 Å². The van der Waals surface area contributed by atoms with Gasteiger partial charge in [-0.3, -0.25) is 14.8 Å². The van der Waals surface area contributed by atoms with Crippen LogP contribution in [-0.4, -0.2) is 28.0 Å². The Morgan fingerprint density at radius 1 is 1.11 bits per heavy atom. The predicted molar refractivity (Wildman–Crippen MR) is 108 cm³/mol. The van der Waals surface area contributed by atoms with Gasteiger partial charge in [-0.25, -0.2) is 9.36 Å². The van der Waals surface area contributed by atoms with Crippen LogP contribution in [0.2, 0.25) is 0 Å². The Morgan fingerprint density at radius 3 is 2.54 bits per heavy atom. The maximum atomic E-state index is 12.5. The molecule has 0 fully saturated rings. The second kappa shape index (κ2) is 6.70. The molecule has 0 radical (unpaired) electrons. The van der Waals surface area contributed by atoms with E-state index in [1.807, 2.05) is 24.3 Å². The first-order valence-electron chi connectivity index (χ1n) is 8.58. The standard InChI is InChI=1S/C21H17N3O4/c1-12(16-11-22-17-6-4-3-5-15(16)17)18-19(25)23-21(27)24(20(18)26)13-7-9-14(28-2)10-8-13/h3-11,26H,1-2H3,(H,23,25,27). The van der Waals surface area contributed by atoms with E-state index in [0.717, 1.165) is 21.4 Å². The van der Waals surface area contributed by atoms with Gasteiger partial charge in [0.15, 0.2) is 0 Å². The number of aromatic hydroxyl groups is 1. The molecule has 0 spiro atoms. The highest BCUT2D eigenvalue weighted by atomic mass is 16.5. The Balaban J connectivity index is 1.94. The van der Waals surface area contributed by atoms with Crippen molar-refractivity contribution in [3.63, 3.8) is 0 Å². The van der Waals surface area contributed by atoms with Crippen LogP contribution in [-0.2, 0) is 0 Å². The smallest absolute Gasteiger partial charge is 0.335 e. The number of methoxy groups -OCH3 is 1. The summed E-state index contributed by atoms with van der Waals surface area (Å²) >= 11 is 0. The van der Waals surface area contributed by atoms with Crippen LogP contribution in [0.4, 0.5) is 5.69 Å². The number of aromatic amines is 1. The lowest BCUT2D eigenvalue weighted by atomic mass is 9.98. The number of fused-ring (bicyclic) bond motifs is 1. The molecule has 2 N–H and O–H groups in total. The highest BCUT2D eigenvalue weighted by Gasteiger charge is 2.22. The number of hydrogen-bond acceptors (Lipinski definition) is 5. The van der Waals surface area contributed by atoms with E-state index in [2.05, 4.69) is 9.98 Å². The molecule has 7 nitrogen and oxygen atoms in total. The van der Waals surface area contributed by atoms with Crippen molar-refractivity contribution >= 4 is 23.0 Å². The Bertz CT molecular complexity index is 1250. The number of H-pyrrole nitrogens is 1. The fourth-order valence-electron chi connectivity index (χ4n) is 3.28. The minimum atomic E-state index is -0.727. The van der Waals surface area contributed by atoms with E-state index in [1.54, 1.807) is 37.4 Å². The van der Waals surface area contributed by atoms with Gasteiger partial charge in [0.2, 0.25) is 5.88 Å². The van der Waals surface area contributed by atoms with Crippen molar-refractivity contribution < 1.29 is 9.84 Å². The summed E-state index contributed by atoms with van der Waals surface area (Å²) in [6.45, 7) is 1.72. The lowest BCUT2D eigenvalue weighted by Crippen LogP contribution is -2.31. The monoisotopic (exact) mass is 375 g/mol. The lowest BCUT2D eigenvalue weighted by Gasteiger charge is -2.13. The largest absolute Gasteiger partial charge is 0.497 e. The van der Waals surface area contributed by atoms with Crippen LogP contribution in [0.15, 0.2) is 63.1 Å². The molecule has 1 aromatic heterocycles. The summed E-state index contributed by atoms with van der Waals surface area (Å²) in [5.74, 6) is 0.180. The number of nitrogens with one attached hydrogen (secondary N) is 1. The normalized spacial score (nSPS) is 14.1. The minimum absolute atomic E-state index is 0.0218. The van der Waals surface area contributed by atoms with Crippen LogP contribution in [0.3, 0.4) is 0 Å². The molecule has 2 heterocycles. The third-order valence-electron chi connectivity index (χ3n) is 4.72. The topological polar surface area (TPSA) is 96.7 Å². The summed E-state index contributed by atoms with van der Waals surface area (Å²) in [5.41, 5.74) is 1.93. The molecule has 0 atom stereocenters. The number of aromatic nitrogens is 2. The zero-order valence-electron chi connectivity index (χ0n) is 15.3. The molecule has 0 saturated heterocycles. The first-order chi connectivity index (χ1) is 13.5. The summed E-state index contributed by atoms with van der Waals surface area (Å²) in [6.07, 6.45) is 1.65. The van der Waals surface area contributed by atoms with Gasteiger partial charge in [0.25, 0.3) is 5.56 Å². The summed E-state index contributed by atoms with van der Waals surface area (Å²) in [6, 6.07) is 14.1. The van der Waals surface area contributed by atoms with Crippen molar-refractivity contribution in [1.82, 2.24) is 9.55 Å². The zero-order chi connectivity index (χ0) is 19.8. The second-order valence-electron chi connectivity index (χ2n) is 6.31. The average molecular weight is 375 g/mol. The van der Waals surface area contributed by atoms with Crippen molar-refractivity contribution in [2.24, 2.45) is 4.99 Å². The van der Waals surface area contributed by atoms with Gasteiger partial charge in [0, 0.05) is 17.4 Å². The lowest BCUT2D eigenvalue weighted by molar-refractivity contribution is 0.414. The van der Waals surface area contributed by atoms with E-state index in [4.69, 9.17) is 4.74 Å². The molecule has 2 aromatic carbocycles. The summed E-state index contributed by atoms with van der Waals surface area (Å²) in [5, 5.41) is 10.8. The SMILES string of the molecule is COc1ccc(-n2c(O)c(C(C)=C3C=Nc4ccccc43)c(=O)[nH]c2=O)cc1. The molecular weight excluding hydrogens is 358 g/mol.